The van der Waals surface area contributed by atoms with Crippen molar-refractivity contribution in [2.24, 2.45) is 0 Å². The Morgan fingerprint density at radius 2 is 1.86 bits per heavy atom. The zero-order chi connectivity index (χ0) is 20.5. The molecule has 1 atom stereocenters. The maximum atomic E-state index is 13.0. The van der Waals surface area contributed by atoms with Crippen molar-refractivity contribution in [3.63, 3.8) is 0 Å². The molecule has 1 aromatic carbocycles. The van der Waals surface area contributed by atoms with E-state index in [1.807, 2.05) is 24.3 Å². The quantitative estimate of drug-likeness (QED) is 0.764. The number of carbonyl (C=O) groups excluding carboxylic acids is 3. The second-order valence-electron chi connectivity index (χ2n) is 8.17. The summed E-state index contributed by atoms with van der Waals surface area (Å²) in [5.41, 5.74) is -0.291. The Labute approximate surface area is 165 Å². The van der Waals surface area contributed by atoms with Gasteiger partial charge in [0.1, 0.15) is 17.6 Å². The van der Waals surface area contributed by atoms with Crippen molar-refractivity contribution in [1.29, 1.82) is 5.26 Å². The van der Waals surface area contributed by atoms with Crippen molar-refractivity contribution in [2.75, 3.05) is 6.54 Å². The van der Waals surface area contributed by atoms with E-state index in [1.54, 1.807) is 6.92 Å². The number of nitrogens with one attached hydrogen (secondary N) is 2. The Hall–Kier alpha value is -2.88. The van der Waals surface area contributed by atoms with E-state index >= 15 is 0 Å². The van der Waals surface area contributed by atoms with Crippen LogP contribution in [0.15, 0.2) is 24.3 Å². The molecule has 1 aliphatic heterocycles. The molecule has 1 aliphatic carbocycles. The number of rotatable bonds is 5. The van der Waals surface area contributed by atoms with Crippen LogP contribution in [-0.4, -0.2) is 34.8 Å². The lowest BCUT2D eigenvalue weighted by molar-refractivity contribution is -0.135. The average molecular weight is 382 g/mol. The summed E-state index contributed by atoms with van der Waals surface area (Å²) in [7, 11) is 0. The highest BCUT2D eigenvalue weighted by Crippen LogP contribution is 2.31. The van der Waals surface area contributed by atoms with Gasteiger partial charge >= 0.3 is 6.03 Å². The fourth-order valence-corrected chi connectivity index (χ4v) is 3.93. The van der Waals surface area contributed by atoms with Gasteiger partial charge in [-0.2, -0.15) is 5.26 Å². The number of imide groups is 1. The largest absolute Gasteiger partial charge is 0.336 e. The van der Waals surface area contributed by atoms with Crippen LogP contribution in [0.5, 0.6) is 0 Å². The van der Waals surface area contributed by atoms with Gasteiger partial charge in [0.15, 0.2) is 0 Å². The summed E-state index contributed by atoms with van der Waals surface area (Å²) in [5.74, 6) is -0.604. The lowest BCUT2D eigenvalue weighted by Gasteiger charge is -2.24. The summed E-state index contributed by atoms with van der Waals surface area (Å²) in [5, 5.41) is 14.8. The molecule has 0 bridgehead atoms. The van der Waals surface area contributed by atoms with Crippen LogP contribution in [0.4, 0.5) is 4.79 Å². The Kier molecular flexibility index (Phi) is 5.16. The van der Waals surface area contributed by atoms with Crippen LogP contribution in [0, 0.1) is 11.3 Å². The third-order valence-electron chi connectivity index (χ3n) is 5.78. The molecule has 2 aliphatic rings. The molecule has 1 saturated heterocycles. The molecular weight excluding hydrogens is 356 g/mol. The maximum absolute atomic E-state index is 13.0. The molecule has 7 nitrogen and oxygen atoms in total. The van der Waals surface area contributed by atoms with Gasteiger partial charge in [-0.3, -0.25) is 14.5 Å². The minimum absolute atomic E-state index is 0.360. The van der Waals surface area contributed by atoms with Crippen molar-refractivity contribution in [3.8, 4) is 6.07 Å². The minimum Gasteiger partial charge on any atom is -0.336 e. The fourth-order valence-electron chi connectivity index (χ4n) is 3.93. The van der Waals surface area contributed by atoms with Crippen LogP contribution in [0.2, 0.25) is 0 Å². The Morgan fingerprint density at radius 1 is 1.25 bits per heavy atom. The van der Waals surface area contributed by atoms with Gasteiger partial charge in [-0.15, -0.1) is 0 Å². The van der Waals surface area contributed by atoms with Gasteiger partial charge in [-0.1, -0.05) is 38.1 Å². The van der Waals surface area contributed by atoms with Crippen molar-refractivity contribution in [1.82, 2.24) is 15.5 Å². The highest BCUT2D eigenvalue weighted by atomic mass is 16.2. The molecule has 28 heavy (non-hydrogen) atoms. The molecule has 3 rings (SSSR count). The standard InChI is InChI=1S/C21H26N4O3/c1-14(2)15-6-8-16(9-7-15)20(3)18(27)25(19(28)24-20)12-17(26)23-21(13-22)10-4-5-11-21/h6-9,14H,4-5,10-12H2,1-3H3,(H,23,26)(H,24,28)/t20-/m1/s1. The Morgan fingerprint density at radius 3 is 2.39 bits per heavy atom. The normalized spacial score (nSPS) is 23.6. The van der Waals surface area contributed by atoms with E-state index in [4.69, 9.17) is 0 Å². The SMILES string of the molecule is CC(C)c1ccc([C@@]2(C)NC(=O)N(CC(=O)NC3(C#N)CCCC3)C2=O)cc1. The first kappa shape index (κ1) is 19.9. The van der Waals surface area contributed by atoms with E-state index < -0.39 is 35.5 Å². The summed E-state index contributed by atoms with van der Waals surface area (Å²) in [6, 6.07) is 9.12. The first-order valence-electron chi connectivity index (χ1n) is 9.67. The molecule has 1 saturated carbocycles. The molecular formula is C21H26N4O3. The molecule has 0 unspecified atom stereocenters. The minimum atomic E-state index is -1.22. The molecule has 1 aromatic rings. The maximum Gasteiger partial charge on any atom is 0.325 e. The van der Waals surface area contributed by atoms with Crippen LogP contribution in [0.1, 0.15) is 63.5 Å². The van der Waals surface area contributed by atoms with E-state index in [0.29, 0.717) is 24.3 Å². The van der Waals surface area contributed by atoms with Gasteiger partial charge in [0, 0.05) is 0 Å². The molecule has 2 fully saturated rings. The highest BCUT2D eigenvalue weighted by Gasteiger charge is 2.50. The molecule has 0 radical (unpaired) electrons. The number of benzene rings is 1. The zero-order valence-corrected chi connectivity index (χ0v) is 16.5. The monoisotopic (exact) mass is 382 g/mol. The van der Waals surface area contributed by atoms with Crippen molar-refractivity contribution >= 4 is 17.8 Å². The van der Waals surface area contributed by atoms with Gasteiger partial charge in [0.25, 0.3) is 5.91 Å². The smallest absolute Gasteiger partial charge is 0.325 e. The third-order valence-corrected chi connectivity index (χ3v) is 5.78. The molecule has 148 valence electrons. The summed E-state index contributed by atoms with van der Waals surface area (Å²) in [4.78, 5) is 38.8. The van der Waals surface area contributed by atoms with Crippen LogP contribution in [0.3, 0.4) is 0 Å². The second-order valence-corrected chi connectivity index (χ2v) is 8.17. The average Bonchev–Trinajstić information content (AvgIpc) is 3.21. The molecule has 0 aromatic heterocycles. The topological polar surface area (TPSA) is 102 Å². The summed E-state index contributed by atoms with van der Waals surface area (Å²) >= 11 is 0. The predicted molar refractivity (Wildman–Crippen MR) is 103 cm³/mol. The molecule has 2 N–H and O–H groups in total. The number of carbonyl (C=O) groups is 3. The molecule has 0 spiro atoms. The number of amides is 4. The van der Waals surface area contributed by atoms with E-state index in [9.17, 15) is 19.6 Å². The first-order valence-corrected chi connectivity index (χ1v) is 9.67. The first-order chi connectivity index (χ1) is 13.2. The van der Waals surface area contributed by atoms with Crippen molar-refractivity contribution in [2.45, 2.75) is 63.5 Å². The highest BCUT2D eigenvalue weighted by molar-refractivity contribution is 6.09. The lowest BCUT2D eigenvalue weighted by atomic mass is 9.90. The number of urea groups is 1. The lowest BCUT2D eigenvalue weighted by Crippen LogP contribution is -2.50. The third kappa shape index (κ3) is 3.47. The van der Waals surface area contributed by atoms with Gasteiger partial charge in [-0.25, -0.2) is 4.79 Å². The van der Waals surface area contributed by atoms with Gasteiger partial charge in [0.2, 0.25) is 5.91 Å². The van der Waals surface area contributed by atoms with Crippen molar-refractivity contribution in [3.05, 3.63) is 35.4 Å². The van der Waals surface area contributed by atoms with Crippen LogP contribution >= 0.6 is 0 Å². The summed E-state index contributed by atoms with van der Waals surface area (Å²) in [6.45, 7) is 5.41. The molecule has 4 amide bonds. The van der Waals surface area contributed by atoms with Gasteiger partial charge in [0.05, 0.1) is 6.07 Å². The van der Waals surface area contributed by atoms with E-state index in [2.05, 4.69) is 30.6 Å². The van der Waals surface area contributed by atoms with Crippen LogP contribution < -0.4 is 10.6 Å². The molecule has 1 heterocycles. The van der Waals surface area contributed by atoms with Crippen LogP contribution in [-0.2, 0) is 15.1 Å². The summed E-state index contributed by atoms with van der Waals surface area (Å²) < 4.78 is 0. The number of hydrogen-bond donors (Lipinski definition) is 2. The van der Waals surface area contributed by atoms with Crippen LogP contribution in [0.25, 0.3) is 0 Å². The zero-order valence-electron chi connectivity index (χ0n) is 16.5. The summed E-state index contributed by atoms with van der Waals surface area (Å²) in [6.07, 6.45) is 2.94. The van der Waals surface area contributed by atoms with Crippen molar-refractivity contribution < 1.29 is 14.4 Å². The Bertz CT molecular complexity index is 834. The van der Waals surface area contributed by atoms with Gasteiger partial charge in [-0.05, 0) is 49.7 Å². The van der Waals surface area contributed by atoms with Gasteiger partial charge < -0.3 is 10.6 Å². The van der Waals surface area contributed by atoms with E-state index in [-0.39, 0.29) is 0 Å². The van der Waals surface area contributed by atoms with E-state index in [1.165, 1.54) is 0 Å². The number of hydrogen-bond acceptors (Lipinski definition) is 4. The number of nitriles is 1. The predicted octanol–water partition coefficient (Wildman–Crippen LogP) is 2.53. The Balaban J connectivity index is 1.74. The fraction of sp³-hybridized carbons (Fsp3) is 0.524. The molecule has 7 heteroatoms. The second kappa shape index (κ2) is 7.27. The number of nitrogens with zero attached hydrogens (tertiary/aromatic N) is 2. The van der Waals surface area contributed by atoms with E-state index in [0.717, 1.165) is 23.3 Å².